The first kappa shape index (κ1) is 15.0. The predicted molar refractivity (Wildman–Crippen MR) is 76.0 cm³/mol. The van der Waals surface area contributed by atoms with Crippen LogP contribution in [0.25, 0.3) is 0 Å². The molecule has 104 valence electrons. The lowest BCUT2D eigenvalue weighted by molar-refractivity contribution is -0.118. The van der Waals surface area contributed by atoms with Gasteiger partial charge in [0.2, 0.25) is 5.91 Å². The van der Waals surface area contributed by atoms with Crippen LogP contribution < -0.4 is 16.0 Å². The van der Waals surface area contributed by atoms with E-state index < -0.39 is 6.03 Å². The molecule has 0 saturated carbocycles. The van der Waals surface area contributed by atoms with Crippen LogP contribution in [0.1, 0.15) is 19.4 Å². The Bertz CT molecular complexity index is 444. The molecule has 0 radical (unpaired) electrons. The van der Waals surface area contributed by atoms with Crippen molar-refractivity contribution in [1.82, 2.24) is 10.6 Å². The van der Waals surface area contributed by atoms with Gasteiger partial charge < -0.3 is 10.6 Å². The van der Waals surface area contributed by atoms with Gasteiger partial charge in [-0.3, -0.25) is 10.1 Å². The summed E-state index contributed by atoms with van der Waals surface area (Å²) >= 11 is 0. The number of hydrogen-bond donors (Lipinski definition) is 3. The lowest BCUT2D eigenvalue weighted by Gasteiger charge is -2.10. The van der Waals surface area contributed by atoms with Gasteiger partial charge in [-0.25, -0.2) is 4.79 Å². The fourth-order valence-corrected chi connectivity index (χ4v) is 1.45. The van der Waals surface area contributed by atoms with Gasteiger partial charge in [-0.2, -0.15) is 0 Å². The van der Waals surface area contributed by atoms with Gasteiger partial charge in [0.25, 0.3) is 0 Å². The number of imide groups is 1. The molecule has 0 heterocycles. The molecule has 0 aliphatic heterocycles. The van der Waals surface area contributed by atoms with E-state index in [1.54, 1.807) is 0 Å². The van der Waals surface area contributed by atoms with Crippen LogP contribution in [-0.2, 0) is 4.79 Å². The molecule has 0 aromatic heterocycles. The van der Waals surface area contributed by atoms with Crippen molar-refractivity contribution in [2.24, 2.45) is 5.92 Å². The zero-order valence-electron chi connectivity index (χ0n) is 11.6. The van der Waals surface area contributed by atoms with Crippen molar-refractivity contribution in [2.45, 2.75) is 20.8 Å². The molecule has 1 aromatic carbocycles. The molecule has 0 aliphatic rings. The Hall–Kier alpha value is -2.04. The van der Waals surface area contributed by atoms with Crippen molar-refractivity contribution in [3.05, 3.63) is 29.8 Å². The highest BCUT2D eigenvalue weighted by atomic mass is 16.2. The van der Waals surface area contributed by atoms with E-state index in [1.807, 2.05) is 45.0 Å². The quantitative estimate of drug-likeness (QED) is 0.759. The van der Waals surface area contributed by atoms with Crippen LogP contribution in [0, 0.1) is 12.8 Å². The summed E-state index contributed by atoms with van der Waals surface area (Å²) in [4.78, 5) is 22.9. The molecule has 5 heteroatoms. The first-order chi connectivity index (χ1) is 8.97. The maximum absolute atomic E-state index is 11.5. The Labute approximate surface area is 113 Å². The minimum absolute atomic E-state index is 0.0680. The molecular formula is C14H21N3O2. The summed E-state index contributed by atoms with van der Waals surface area (Å²) in [5.41, 5.74) is 1.97. The topological polar surface area (TPSA) is 70.2 Å². The van der Waals surface area contributed by atoms with Gasteiger partial charge in [0.15, 0.2) is 0 Å². The largest absolute Gasteiger partial charge is 0.376 e. The van der Waals surface area contributed by atoms with Crippen molar-refractivity contribution in [3.8, 4) is 0 Å². The minimum atomic E-state index is -0.454. The molecule has 19 heavy (non-hydrogen) atoms. The summed E-state index contributed by atoms with van der Waals surface area (Å²) in [6, 6.07) is 7.24. The molecule has 0 aliphatic carbocycles. The molecule has 5 nitrogen and oxygen atoms in total. The van der Waals surface area contributed by atoms with Crippen molar-refractivity contribution < 1.29 is 9.59 Å². The SMILES string of the molecule is Cc1cccc(NCC(=O)NC(=O)NCC(C)C)c1. The molecule has 0 fully saturated rings. The zero-order valence-corrected chi connectivity index (χ0v) is 11.6. The Morgan fingerprint density at radius 3 is 2.63 bits per heavy atom. The van der Waals surface area contributed by atoms with E-state index in [0.29, 0.717) is 12.5 Å². The first-order valence-electron chi connectivity index (χ1n) is 6.35. The second-order valence-corrected chi connectivity index (χ2v) is 4.88. The fourth-order valence-electron chi connectivity index (χ4n) is 1.45. The monoisotopic (exact) mass is 263 g/mol. The predicted octanol–water partition coefficient (Wildman–Crippen LogP) is 1.89. The highest BCUT2D eigenvalue weighted by molar-refractivity contribution is 5.96. The standard InChI is InChI=1S/C14H21N3O2/c1-10(2)8-16-14(19)17-13(18)9-15-12-6-4-5-11(3)7-12/h4-7,10,15H,8-9H2,1-3H3,(H2,16,17,18,19). The number of carbonyl (C=O) groups is 2. The number of hydrogen-bond acceptors (Lipinski definition) is 3. The van der Waals surface area contributed by atoms with E-state index >= 15 is 0 Å². The number of aryl methyl sites for hydroxylation is 1. The molecule has 0 bridgehead atoms. The van der Waals surface area contributed by atoms with Gasteiger partial charge in [0, 0.05) is 12.2 Å². The van der Waals surface area contributed by atoms with Gasteiger partial charge in [0.1, 0.15) is 0 Å². The summed E-state index contributed by atoms with van der Waals surface area (Å²) in [5, 5.41) is 7.85. The number of rotatable bonds is 5. The van der Waals surface area contributed by atoms with E-state index in [9.17, 15) is 9.59 Å². The summed E-state index contributed by atoms with van der Waals surface area (Å²) < 4.78 is 0. The van der Waals surface area contributed by atoms with Crippen LogP contribution in [-0.4, -0.2) is 25.0 Å². The Morgan fingerprint density at radius 1 is 1.26 bits per heavy atom. The minimum Gasteiger partial charge on any atom is -0.376 e. The van der Waals surface area contributed by atoms with E-state index in [-0.39, 0.29) is 12.5 Å². The lowest BCUT2D eigenvalue weighted by atomic mass is 10.2. The third-order valence-electron chi connectivity index (χ3n) is 2.39. The van der Waals surface area contributed by atoms with Gasteiger partial charge in [-0.1, -0.05) is 26.0 Å². The van der Waals surface area contributed by atoms with Crippen LogP contribution in [0.15, 0.2) is 24.3 Å². The Balaban J connectivity index is 2.30. The van der Waals surface area contributed by atoms with Crippen LogP contribution >= 0.6 is 0 Å². The molecule has 3 N–H and O–H groups in total. The Morgan fingerprint density at radius 2 is 2.00 bits per heavy atom. The molecule has 0 unspecified atom stereocenters. The molecule has 1 aromatic rings. The number of amides is 3. The second-order valence-electron chi connectivity index (χ2n) is 4.88. The van der Waals surface area contributed by atoms with Crippen LogP contribution in [0.3, 0.4) is 0 Å². The summed E-state index contributed by atoms with van der Waals surface area (Å²) in [6.45, 7) is 6.57. The van der Waals surface area contributed by atoms with Crippen LogP contribution in [0.4, 0.5) is 10.5 Å². The number of benzene rings is 1. The van der Waals surface area contributed by atoms with Crippen molar-refractivity contribution in [2.75, 3.05) is 18.4 Å². The van der Waals surface area contributed by atoms with E-state index in [2.05, 4.69) is 16.0 Å². The van der Waals surface area contributed by atoms with Gasteiger partial charge >= 0.3 is 6.03 Å². The van der Waals surface area contributed by atoms with Crippen LogP contribution in [0.2, 0.25) is 0 Å². The molecular weight excluding hydrogens is 242 g/mol. The average molecular weight is 263 g/mol. The van der Waals surface area contributed by atoms with Crippen molar-refractivity contribution in [1.29, 1.82) is 0 Å². The van der Waals surface area contributed by atoms with E-state index in [1.165, 1.54) is 0 Å². The number of urea groups is 1. The third-order valence-corrected chi connectivity index (χ3v) is 2.39. The fraction of sp³-hybridized carbons (Fsp3) is 0.429. The van der Waals surface area contributed by atoms with Gasteiger partial charge in [-0.15, -0.1) is 0 Å². The average Bonchev–Trinajstić information content (AvgIpc) is 2.34. The Kier molecular flexibility index (Phi) is 5.85. The first-order valence-corrected chi connectivity index (χ1v) is 6.35. The van der Waals surface area contributed by atoms with E-state index in [0.717, 1.165) is 11.3 Å². The summed E-state index contributed by atoms with van der Waals surface area (Å²) in [6.07, 6.45) is 0. The second kappa shape index (κ2) is 7.41. The molecule has 1 rings (SSSR count). The highest BCUT2D eigenvalue weighted by Gasteiger charge is 2.07. The smallest absolute Gasteiger partial charge is 0.321 e. The molecule has 0 saturated heterocycles. The number of nitrogens with one attached hydrogen (secondary N) is 3. The third kappa shape index (κ3) is 6.45. The van der Waals surface area contributed by atoms with Gasteiger partial charge in [0.05, 0.1) is 6.54 Å². The molecule has 0 spiro atoms. The van der Waals surface area contributed by atoms with Crippen LogP contribution in [0.5, 0.6) is 0 Å². The van der Waals surface area contributed by atoms with Gasteiger partial charge in [-0.05, 0) is 30.5 Å². The lowest BCUT2D eigenvalue weighted by Crippen LogP contribution is -2.43. The maximum atomic E-state index is 11.5. The highest BCUT2D eigenvalue weighted by Crippen LogP contribution is 2.08. The number of anilines is 1. The maximum Gasteiger partial charge on any atom is 0.321 e. The van der Waals surface area contributed by atoms with Crippen molar-refractivity contribution in [3.63, 3.8) is 0 Å². The molecule has 3 amide bonds. The number of carbonyl (C=O) groups excluding carboxylic acids is 2. The molecule has 0 atom stereocenters. The summed E-state index contributed by atoms with van der Waals surface area (Å²) in [7, 11) is 0. The normalized spacial score (nSPS) is 10.1. The summed E-state index contributed by atoms with van der Waals surface area (Å²) in [5.74, 6) is -0.00552. The van der Waals surface area contributed by atoms with Crippen molar-refractivity contribution >= 4 is 17.6 Å². The zero-order chi connectivity index (χ0) is 14.3. The van der Waals surface area contributed by atoms with E-state index in [4.69, 9.17) is 0 Å².